The zero-order valence-electron chi connectivity index (χ0n) is 11.7. The maximum absolute atomic E-state index is 11.2. The van der Waals surface area contributed by atoms with Crippen LogP contribution < -0.4 is 10.2 Å². The van der Waals surface area contributed by atoms with Gasteiger partial charge in [0.05, 0.1) is 10.5 Å². The molecule has 1 aliphatic rings. The van der Waals surface area contributed by atoms with Gasteiger partial charge >= 0.3 is 0 Å². The zero-order valence-corrected chi connectivity index (χ0v) is 11.7. The number of rotatable bonds is 3. The number of anilines is 1. The van der Waals surface area contributed by atoms with Crippen LogP contribution in [0.4, 0.5) is 11.6 Å². The minimum atomic E-state index is -0.394. The number of hydrogen-bond acceptors (Lipinski definition) is 6. The Labute approximate surface area is 121 Å². The first kappa shape index (κ1) is 13.5. The van der Waals surface area contributed by atoms with Gasteiger partial charge in [0.25, 0.3) is 5.69 Å². The van der Waals surface area contributed by atoms with Crippen LogP contribution in [0.2, 0.25) is 0 Å². The molecule has 0 amide bonds. The summed E-state index contributed by atoms with van der Waals surface area (Å²) in [5.41, 5.74) is 1.33. The van der Waals surface area contributed by atoms with Gasteiger partial charge in [0.2, 0.25) is 5.95 Å². The third kappa shape index (κ3) is 2.57. The maximum Gasteiger partial charge on any atom is 0.280 e. The summed E-state index contributed by atoms with van der Waals surface area (Å²) in [7, 11) is 0. The number of piperazine rings is 1. The molecular formula is C13H16N6O2. The summed E-state index contributed by atoms with van der Waals surface area (Å²) in [6.07, 6.45) is 0. The number of aryl methyl sites for hydroxylation is 1. The Hall–Kier alpha value is -2.48. The van der Waals surface area contributed by atoms with E-state index < -0.39 is 4.92 Å². The molecule has 0 bridgehead atoms. The SMILES string of the molecule is Cc1cccc([N+](=O)[O-])c1-c1nc(N2CCNCC2)n[nH]1. The molecule has 1 aliphatic heterocycles. The Kier molecular flexibility index (Phi) is 3.53. The van der Waals surface area contributed by atoms with Crippen LogP contribution in [0.5, 0.6) is 0 Å². The Bertz CT molecular complexity index is 662. The summed E-state index contributed by atoms with van der Waals surface area (Å²) < 4.78 is 0. The second kappa shape index (κ2) is 5.49. The molecule has 1 saturated heterocycles. The van der Waals surface area contributed by atoms with Gasteiger partial charge in [-0.3, -0.25) is 15.2 Å². The van der Waals surface area contributed by atoms with E-state index in [-0.39, 0.29) is 5.69 Å². The van der Waals surface area contributed by atoms with Gasteiger partial charge in [-0.25, -0.2) is 0 Å². The molecule has 0 atom stereocenters. The van der Waals surface area contributed by atoms with E-state index in [0.29, 0.717) is 17.3 Å². The number of hydrogen-bond donors (Lipinski definition) is 2. The average Bonchev–Trinajstić information content (AvgIpc) is 2.97. The smallest absolute Gasteiger partial charge is 0.280 e. The molecule has 0 saturated carbocycles. The molecule has 3 rings (SSSR count). The van der Waals surface area contributed by atoms with Gasteiger partial charge in [-0.2, -0.15) is 4.98 Å². The van der Waals surface area contributed by atoms with Gasteiger partial charge in [0.15, 0.2) is 5.82 Å². The van der Waals surface area contributed by atoms with Crippen molar-refractivity contribution in [1.82, 2.24) is 20.5 Å². The van der Waals surface area contributed by atoms with Crippen LogP contribution in [-0.2, 0) is 0 Å². The van der Waals surface area contributed by atoms with Crippen molar-refractivity contribution >= 4 is 11.6 Å². The lowest BCUT2D eigenvalue weighted by atomic mass is 10.1. The molecule has 0 unspecified atom stereocenters. The van der Waals surface area contributed by atoms with Crippen molar-refractivity contribution in [3.05, 3.63) is 33.9 Å². The molecule has 1 aromatic heterocycles. The van der Waals surface area contributed by atoms with Crippen molar-refractivity contribution in [3.63, 3.8) is 0 Å². The highest BCUT2D eigenvalue weighted by Gasteiger charge is 2.22. The number of nitrogens with one attached hydrogen (secondary N) is 2. The predicted molar refractivity (Wildman–Crippen MR) is 78.3 cm³/mol. The standard InChI is InChI=1S/C13H16N6O2/c1-9-3-2-4-10(19(20)21)11(9)12-15-13(17-16-12)18-7-5-14-6-8-18/h2-4,14H,5-8H2,1H3,(H,15,16,17). The highest BCUT2D eigenvalue weighted by molar-refractivity contribution is 5.72. The first-order valence-corrected chi connectivity index (χ1v) is 6.79. The highest BCUT2D eigenvalue weighted by Crippen LogP contribution is 2.31. The van der Waals surface area contributed by atoms with Crippen LogP contribution in [0.15, 0.2) is 18.2 Å². The Morgan fingerprint density at radius 1 is 1.33 bits per heavy atom. The predicted octanol–water partition coefficient (Wildman–Crippen LogP) is 1.10. The third-order valence-corrected chi connectivity index (χ3v) is 3.56. The molecule has 0 radical (unpaired) electrons. The number of nitro benzene ring substituents is 1. The minimum Gasteiger partial charge on any atom is -0.337 e. The largest absolute Gasteiger partial charge is 0.337 e. The lowest BCUT2D eigenvalue weighted by molar-refractivity contribution is -0.384. The van der Waals surface area contributed by atoms with E-state index in [2.05, 4.69) is 25.4 Å². The van der Waals surface area contributed by atoms with Gasteiger partial charge < -0.3 is 10.2 Å². The van der Waals surface area contributed by atoms with E-state index in [1.54, 1.807) is 6.07 Å². The number of nitrogens with zero attached hydrogens (tertiary/aromatic N) is 4. The fourth-order valence-corrected chi connectivity index (χ4v) is 2.48. The van der Waals surface area contributed by atoms with Gasteiger partial charge in [0.1, 0.15) is 0 Å². The molecule has 2 heterocycles. The summed E-state index contributed by atoms with van der Waals surface area (Å²) in [6.45, 7) is 5.25. The lowest BCUT2D eigenvalue weighted by Crippen LogP contribution is -2.44. The van der Waals surface area contributed by atoms with Crippen LogP contribution in [0.1, 0.15) is 5.56 Å². The van der Waals surface area contributed by atoms with Crippen LogP contribution in [0.3, 0.4) is 0 Å². The van der Waals surface area contributed by atoms with Crippen molar-refractivity contribution in [2.24, 2.45) is 0 Å². The van der Waals surface area contributed by atoms with Crippen LogP contribution in [0.25, 0.3) is 11.4 Å². The number of aromatic nitrogens is 3. The van der Waals surface area contributed by atoms with Crippen LogP contribution in [-0.4, -0.2) is 46.3 Å². The quantitative estimate of drug-likeness (QED) is 0.648. The summed E-state index contributed by atoms with van der Waals surface area (Å²) in [5, 5.41) is 21.5. The number of nitro groups is 1. The minimum absolute atomic E-state index is 0.0398. The fourth-order valence-electron chi connectivity index (χ4n) is 2.48. The number of H-pyrrole nitrogens is 1. The van der Waals surface area contributed by atoms with Gasteiger partial charge in [-0.1, -0.05) is 12.1 Å². The molecule has 21 heavy (non-hydrogen) atoms. The van der Waals surface area contributed by atoms with E-state index in [1.807, 2.05) is 13.0 Å². The average molecular weight is 288 g/mol. The number of benzene rings is 1. The molecule has 1 fully saturated rings. The second-order valence-corrected chi connectivity index (χ2v) is 4.95. The summed E-state index contributed by atoms with van der Waals surface area (Å²) in [4.78, 5) is 17.3. The van der Waals surface area contributed by atoms with Crippen LogP contribution in [0, 0.1) is 17.0 Å². The topological polar surface area (TPSA) is 100.0 Å². The Morgan fingerprint density at radius 2 is 2.10 bits per heavy atom. The van der Waals surface area contributed by atoms with E-state index in [1.165, 1.54) is 6.07 Å². The van der Waals surface area contributed by atoms with Crippen molar-refractivity contribution in [3.8, 4) is 11.4 Å². The maximum atomic E-state index is 11.2. The van der Waals surface area contributed by atoms with Crippen molar-refractivity contribution in [2.75, 3.05) is 31.1 Å². The first-order valence-electron chi connectivity index (χ1n) is 6.79. The Balaban J connectivity index is 1.98. The molecule has 2 aromatic rings. The zero-order chi connectivity index (χ0) is 14.8. The van der Waals surface area contributed by atoms with E-state index in [4.69, 9.17) is 0 Å². The van der Waals surface area contributed by atoms with Crippen molar-refractivity contribution < 1.29 is 4.92 Å². The molecule has 0 aliphatic carbocycles. The third-order valence-electron chi connectivity index (χ3n) is 3.56. The van der Waals surface area contributed by atoms with Crippen LogP contribution >= 0.6 is 0 Å². The van der Waals surface area contributed by atoms with E-state index in [0.717, 1.165) is 31.7 Å². The summed E-state index contributed by atoms with van der Waals surface area (Å²) >= 11 is 0. The molecule has 2 N–H and O–H groups in total. The monoisotopic (exact) mass is 288 g/mol. The molecule has 1 aromatic carbocycles. The number of aromatic amines is 1. The molecule has 110 valence electrons. The second-order valence-electron chi connectivity index (χ2n) is 4.95. The van der Waals surface area contributed by atoms with Gasteiger partial charge in [-0.05, 0) is 12.5 Å². The fraction of sp³-hybridized carbons (Fsp3) is 0.385. The van der Waals surface area contributed by atoms with Crippen molar-refractivity contribution in [2.45, 2.75) is 6.92 Å². The lowest BCUT2D eigenvalue weighted by Gasteiger charge is -2.25. The van der Waals surface area contributed by atoms with Gasteiger partial charge in [0, 0.05) is 32.2 Å². The highest BCUT2D eigenvalue weighted by atomic mass is 16.6. The van der Waals surface area contributed by atoms with E-state index in [9.17, 15) is 10.1 Å². The summed E-state index contributed by atoms with van der Waals surface area (Å²) in [6, 6.07) is 4.98. The molecular weight excluding hydrogens is 272 g/mol. The van der Waals surface area contributed by atoms with Crippen molar-refractivity contribution in [1.29, 1.82) is 0 Å². The van der Waals surface area contributed by atoms with E-state index >= 15 is 0 Å². The summed E-state index contributed by atoms with van der Waals surface area (Å²) in [5.74, 6) is 1.03. The molecule has 8 heteroatoms. The molecule has 8 nitrogen and oxygen atoms in total. The van der Waals surface area contributed by atoms with Gasteiger partial charge in [-0.15, -0.1) is 5.10 Å². The molecule has 0 spiro atoms. The Morgan fingerprint density at radius 3 is 2.81 bits per heavy atom. The first-order chi connectivity index (χ1) is 10.2. The normalized spacial score (nSPS) is 15.2.